The number of hydrogen-bond acceptors (Lipinski definition) is 8. The summed E-state index contributed by atoms with van der Waals surface area (Å²) in [7, 11) is 8.17. The van der Waals surface area contributed by atoms with Crippen LogP contribution >= 0.6 is 0 Å². The molecule has 0 bridgehead atoms. The van der Waals surface area contributed by atoms with Gasteiger partial charge in [0.1, 0.15) is 11.5 Å². The highest BCUT2D eigenvalue weighted by Crippen LogP contribution is 2.41. The fraction of sp³-hybridized carbons (Fsp3) is 0.611. The summed E-state index contributed by atoms with van der Waals surface area (Å²) in [5.41, 5.74) is 1.05. The van der Waals surface area contributed by atoms with Gasteiger partial charge in [-0.05, 0) is 89.3 Å². The molecule has 10 heteroatoms. The maximum absolute atomic E-state index is 11.0. The molecule has 2 aromatic rings. The van der Waals surface area contributed by atoms with Crippen molar-refractivity contribution in [3.05, 3.63) is 59.7 Å². The van der Waals surface area contributed by atoms with E-state index in [-0.39, 0.29) is 36.2 Å². The zero-order chi connectivity index (χ0) is 34.3. The molecule has 2 aliphatic rings. The molecule has 10 nitrogen and oxygen atoms in total. The molecule has 2 saturated carbocycles. The Bertz CT molecular complexity index is 1080. The van der Waals surface area contributed by atoms with Crippen LogP contribution in [0.5, 0.6) is 11.5 Å². The monoisotopic (exact) mass is 644 g/mol. The van der Waals surface area contributed by atoms with Gasteiger partial charge in [0.2, 0.25) is 0 Å². The molecule has 258 valence electrons. The smallest absolute Gasteiger partial charge is 0.303 e. The van der Waals surface area contributed by atoms with Gasteiger partial charge in [-0.2, -0.15) is 0 Å². The molecular weight excluding hydrogens is 588 g/mol. The van der Waals surface area contributed by atoms with Crippen LogP contribution in [0, 0.1) is 0 Å². The van der Waals surface area contributed by atoms with E-state index in [9.17, 15) is 30.0 Å². The number of benzene rings is 2. The van der Waals surface area contributed by atoms with Gasteiger partial charge in [-0.15, -0.1) is 0 Å². The predicted octanol–water partition coefficient (Wildman–Crippen LogP) is 5.40. The van der Waals surface area contributed by atoms with Crippen LogP contribution in [0.4, 0.5) is 0 Å². The number of nitrogens with zero attached hydrogens (tertiary/aromatic N) is 2. The standard InChI is InChI=1S/2C16H25NO2.C4H6O4/c2*1-17(2)12-15(13-6-8-14(18)9-7-13)16(19)10-4-3-5-11-16;5-3(6)1-2-4(7)8/h2*6-9,15,18-19H,3-5,10-12H2,1-2H3;1-2H2,(H,5,6)(H,7,8). The highest BCUT2D eigenvalue weighted by Gasteiger charge is 2.40. The van der Waals surface area contributed by atoms with E-state index >= 15 is 0 Å². The molecule has 0 aromatic heterocycles. The summed E-state index contributed by atoms with van der Waals surface area (Å²) >= 11 is 0. The summed E-state index contributed by atoms with van der Waals surface area (Å²) in [6.07, 6.45) is 9.83. The van der Waals surface area contributed by atoms with Gasteiger partial charge in [-0.1, -0.05) is 62.8 Å². The molecule has 0 amide bonds. The van der Waals surface area contributed by atoms with Gasteiger partial charge in [0.05, 0.1) is 24.0 Å². The number of carboxylic acids is 2. The minimum absolute atomic E-state index is 0.114. The van der Waals surface area contributed by atoms with Gasteiger partial charge in [0, 0.05) is 24.9 Å². The SMILES string of the molecule is CN(C)CC(c1ccc(O)cc1)C1(O)CCCCC1.CN(C)CC(c1ccc(O)cc1)C1(O)CCCCC1.O=C(O)CCC(=O)O. The molecule has 6 N–H and O–H groups in total. The lowest BCUT2D eigenvalue weighted by atomic mass is 9.72. The number of phenolic OH excluding ortho intramolecular Hbond substituents is 2. The second-order valence-corrected chi connectivity index (χ2v) is 13.4. The van der Waals surface area contributed by atoms with Gasteiger partial charge in [-0.3, -0.25) is 9.59 Å². The lowest BCUT2D eigenvalue weighted by Crippen LogP contribution is -2.42. The Balaban J connectivity index is 0.000000261. The van der Waals surface area contributed by atoms with E-state index in [0.717, 1.165) is 75.6 Å². The molecule has 2 atom stereocenters. The van der Waals surface area contributed by atoms with E-state index in [0.29, 0.717) is 0 Å². The van der Waals surface area contributed by atoms with E-state index in [2.05, 4.69) is 9.80 Å². The van der Waals surface area contributed by atoms with Crippen molar-refractivity contribution in [2.24, 2.45) is 0 Å². The second-order valence-electron chi connectivity index (χ2n) is 13.4. The molecule has 2 fully saturated rings. The number of aliphatic carboxylic acids is 2. The maximum atomic E-state index is 11.0. The lowest BCUT2D eigenvalue weighted by Gasteiger charge is -2.40. The van der Waals surface area contributed by atoms with Crippen molar-refractivity contribution in [1.29, 1.82) is 0 Å². The Morgan fingerprint density at radius 1 is 0.587 bits per heavy atom. The first-order valence-electron chi connectivity index (χ1n) is 16.4. The zero-order valence-electron chi connectivity index (χ0n) is 28.1. The molecule has 0 aliphatic heterocycles. The van der Waals surface area contributed by atoms with Crippen molar-refractivity contribution < 1.29 is 40.2 Å². The molecule has 2 aliphatic carbocycles. The fourth-order valence-corrected chi connectivity index (χ4v) is 6.55. The van der Waals surface area contributed by atoms with Gasteiger partial charge in [-0.25, -0.2) is 0 Å². The van der Waals surface area contributed by atoms with Crippen LogP contribution in [0.2, 0.25) is 0 Å². The minimum atomic E-state index is -1.08. The molecule has 0 spiro atoms. The molecule has 2 unspecified atom stereocenters. The van der Waals surface area contributed by atoms with Crippen LogP contribution in [-0.2, 0) is 9.59 Å². The van der Waals surface area contributed by atoms with Crippen molar-refractivity contribution in [2.45, 2.75) is 100 Å². The van der Waals surface area contributed by atoms with E-state index in [4.69, 9.17) is 10.2 Å². The first kappa shape index (κ1) is 39.0. The van der Waals surface area contributed by atoms with Crippen LogP contribution in [0.15, 0.2) is 48.5 Å². The van der Waals surface area contributed by atoms with Crippen LogP contribution in [0.1, 0.15) is 100 Å². The molecule has 46 heavy (non-hydrogen) atoms. The Hall–Kier alpha value is -3.18. The number of carboxylic acid groups (broad SMARTS) is 2. The van der Waals surface area contributed by atoms with E-state index in [1.165, 1.54) is 12.8 Å². The van der Waals surface area contributed by atoms with Crippen molar-refractivity contribution in [3.63, 3.8) is 0 Å². The number of rotatable bonds is 11. The summed E-state index contributed by atoms with van der Waals surface area (Å²) in [6, 6.07) is 14.6. The number of phenols is 2. The highest BCUT2D eigenvalue weighted by atomic mass is 16.4. The Kier molecular flexibility index (Phi) is 16.0. The average Bonchev–Trinajstić information content (AvgIpc) is 3.00. The quantitative estimate of drug-likeness (QED) is 0.187. The summed E-state index contributed by atoms with van der Waals surface area (Å²) < 4.78 is 0. The zero-order valence-corrected chi connectivity index (χ0v) is 28.1. The summed E-state index contributed by atoms with van der Waals surface area (Å²) in [4.78, 5) is 23.5. The van der Waals surface area contributed by atoms with E-state index < -0.39 is 23.1 Å². The van der Waals surface area contributed by atoms with Crippen molar-refractivity contribution in [1.82, 2.24) is 9.80 Å². The molecule has 0 saturated heterocycles. The van der Waals surface area contributed by atoms with E-state index in [1.54, 1.807) is 24.3 Å². The lowest BCUT2D eigenvalue weighted by molar-refractivity contribution is -0.143. The minimum Gasteiger partial charge on any atom is -0.508 e. The third-order valence-electron chi connectivity index (χ3n) is 8.98. The molecule has 2 aromatic carbocycles. The van der Waals surface area contributed by atoms with Gasteiger partial charge >= 0.3 is 11.9 Å². The van der Waals surface area contributed by atoms with Crippen LogP contribution in [0.25, 0.3) is 0 Å². The molecule has 0 radical (unpaired) electrons. The Labute approximate surface area is 274 Å². The third kappa shape index (κ3) is 13.3. The topological polar surface area (TPSA) is 162 Å². The number of aromatic hydroxyl groups is 2. The van der Waals surface area contributed by atoms with Crippen molar-refractivity contribution >= 4 is 11.9 Å². The van der Waals surface area contributed by atoms with Crippen molar-refractivity contribution in [3.8, 4) is 11.5 Å². The van der Waals surface area contributed by atoms with Gasteiger partial charge < -0.3 is 40.4 Å². The normalized spacial score (nSPS) is 18.3. The summed E-state index contributed by atoms with van der Waals surface area (Å²) in [5.74, 6) is -1.36. The number of carbonyl (C=O) groups is 2. The number of hydrogen-bond donors (Lipinski definition) is 6. The third-order valence-corrected chi connectivity index (χ3v) is 8.98. The van der Waals surface area contributed by atoms with Crippen molar-refractivity contribution in [2.75, 3.05) is 41.3 Å². The van der Waals surface area contributed by atoms with E-state index in [1.807, 2.05) is 52.5 Å². The molecular formula is C36H56N2O8. The maximum Gasteiger partial charge on any atom is 0.303 e. The highest BCUT2D eigenvalue weighted by molar-refractivity contribution is 5.75. The first-order valence-corrected chi connectivity index (χ1v) is 16.4. The van der Waals surface area contributed by atoms with Gasteiger partial charge in [0.25, 0.3) is 0 Å². The van der Waals surface area contributed by atoms with Gasteiger partial charge in [0.15, 0.2) is 0 Å². The fourth-order valence-electron chi connectivity index (χ4n) is 6.55. The second kappa shape index (κ2) is 18.8. The largest absolute Gasteiger partial charge is 0.508 e. The van der Waals surface area contributed by atoms with Crippen LogP contribution < -0.4 is 0 Å². The summed E-state index contributed by atoms with van der Waals surface area (Å²) in [5, 5.41) is 56.7. The Morgan fingerprint density at radius 2 is 0.870 bits per heavy atom. The number of likely N-dealkylation sites (N-methyl/N-ethyl adjacent to an activating group) is 2. The predicted molar refractivity (Wildman–Crippen MR) is 179 cm³/mol. The summed E-state index contributed by atoms with van der Waals surface area (Å²) in [6.45, 7) is 1.67. The van der Waals surface area contributed by atoms with Crippen LogP contribution in [0.3, 0.4) is 0 Å². The number of aliphatic hydroxyl groups is 2. The average molecular weight is 645 g/mol. The Morgan fingerprint density at radius 3 is 1.11 bits per heavy atom. The molecule has 4 rings (SSSR count). The molecule has 0 heterocycles. The van der Waals surface area contributed by atoms with Crippen LogP contribution in [-0.4, -0.2) is 105 Å². The first-order chi connectivity index (χ1) is 21.6.